The molecule has 4 unspecified atom stereocenters. The van der Waals surface area contributed by atoms with Crippen LogP contribution in [0.4, 0.5) is 0 Å². The van der Waals surface area contributed by atoms with Gasteiger partial charge in [0.25, 0.3) is 0 Å². The number of hydrogen-bond donors (Lipinski definition) is 1. The highest BCUT2D eigenvalue weighted by molar-refractivity contribution is 6.11. The summed E-state index contributed by atoms with van der Waals surface area (Å²) >= 11 is 0. The van der Waals surface area contributed by atoms with Crippen LogP contribution in [0.1, 0.15) is 47.1 Å². The molecule has 1 N–H and O–H groups in total. The topological polar surface area (TPSA) is 69.7 Å². The Bertz CT molecular complexity index is 1160. The first-order valence-corrected chi connectivity index (χ1v) is 12.9. The lowest BCUT2D eigenvalue weighted by molar-refractivity contribution is -0.0740. The molecule has 1 aliphatic rings. The molecule has 1 saturated heterocycles. The number of epoxide rings is 1. The van der Waals surface area contributed by atoms with Crippen molar-refractivity contribution in [1.29, 1.82) is 0 Å². The van der Waals surface area contributed by atoms with Gasteiger partial charge in [0.1, 0.15) is 24.2 Å². The van der Waals surface area contributed by atoms with Crippen LogP contribution in [-0.4, -0.2) is 62.6 Å². The van der Waals surface area contributed by atoms with Crippen LogP contribution in [0.15, 0.2) is 42.5 Å². The summed E-state index contributed by atoms with van der Waals surface area (Å²) in [6, 6.07) is 14.1. The van der Waals surface area contributed by atoms with Gasteiger partial charge in [-0.15, -0.1) is 0 Å². The number of phenolic OH excluding ortho intramolecular Hbond substituents is 1. The van der Waals surface area contributed by atoms with E-state index in [1.165, 1.54) is 0 Å². The van der Waals surface area contributed by atoms with Gasteiger partial charge in [-0.3, -0.25) is 0 Å². The predicted octanol–water partition coefficient (Wildman–Crippen LogP) is 5.99. The van der Waals surface area contributed by atoms with Gasteiger partial charge in [0, 0.05) is 21.5 Å². The number of ether oxygens (including phenoxy) is 5. The van der Waals surface area contributed by atoms with Crippen molar-refractivity contribution in [2.45, 2.75) is 71.4 Å². The SMILES string of the molecule is CC(COc1c2ccccc2c(O)c2cc(C(C)(C)C)ccc12)OCC(C)OCC(C)OCC1CO1. The van der Waals surface area contributed by atoms with E-state index in [0.29, 0.717) is 26.4 Å². The van der Waals surface area contributed by atoms with Crippen LogP contribution in [0.3, 0.4) is 0 Å². The van der Waals surface area contributed by atoms with Gasteiger partial charge in [0.2, 0.25) is 0 Å². The lowest BCUT2D eigenvalue weighted by Gasteiger charge is -2.22. The molecule has 36 heavy (non-hydrogen) atoms. The normalized spacial score (nSPS) is 18.3. The summed E-state index contributed by atoms with van der Waals surface area (Å²) in [5.74, 6) is 1.06. The standard InChI is InChI=1S/C30H40O6/c1-19(32-15-20(2)34-17-23-18-35-23)14-33-21(3)16-36-29-25-10-8-7-9-24(25)28(31)27-13-22(30(4,5)6)11-12-26(27)29/h7-13,19-21,23,31H,14-18H2,1-6H3. The Labute approximate surface area is 214 Å². The molecule has 0 aromatic heterocycles. The molecule has 0 radical (unpaired) electrons. The monoisotopic (exact) mass is 496 g/mol. The van der Waals surface area contributed by atoms with Gasteiger partial charge in [-0.25, -0.2) is 0 Å². The highest BCUT2D eigenvalue weighted by atomic mass is 16.6. The molecule has 0 bridgehead atoms. The van der Waals surface area contributed by atoms with Crippen molar-refractivity contribution in [2.75, 3.05) is 33.0 Å². The molecule has 0 amide bonds. The Morgan fingerprint density at radius 1 is 0.833 bits per heavy atom. The van der Waals surface area contributed by atoms with Crippen LogP contribution in [0.2, 0.25) is 0 Å². The van der Waals surface area contributed by atoms with Crippen LogP contribution in [0.25, 0.3) is 21.5 Å². The molecule has 4 atom stereocenters. The number of aromatic hydroxyl groups is 1. The molecule has 0 aliphatic carbocycles. The fraction of sp³-hybridized carbons (Fsp3) is 0.533. The molecule has 4 rings (SSSR count). The summed E-state index contributed by atoms with van der Waals surface area (Å²) in [6.45, 7) is 15.3. The Morgan fingerprint density at radius 3 is 2.06 bits per heavy atom. The molecule has 6 heteroatoms. The minimum atomic E-state index is -0.131. The fourth-order valence-electron chi connectivity index (χ4n) is 4.12. The van der Waals surface area contributed by atoms with Crippen molar-refractivity contribution in [3.05, 3.63) is 48.0 Å². The zero-order valence-electron chi connectivity index (χ0n) is 22.4. The summed E-state index contributed by atoms with van der Waals surface area (Å²) in [7, 11) is 0. The van der Waals surface area contributed by atoms with Gasteiger partial charge >= 0.3 is 0 Å². The second kappa shape index (κ2) is 11.3. The van der Waals surface area contributed by atoms with Crippen LogP contribution in [0, 0.1) is 0 Å². The third-order valence-corrected chi connectivity index (χ3v) is 6.47. The molecule has 1 fully saturated rings. The molecular formula is C30H40O6. The quantitative estimate of drug-likeness (QED) is 0.245. The largest absolute Gasteiger partial charge is 0.507 e. The van der Waals surface area contributed by atoms with Crippen LogP contribution in [0.5, 0.6) is 11.5 Å². The molecular weight excluding hydrogens is 456 g/mol. The van der Waals surface area contributed by atoms with Crippen molar-refractivity contribution in [3.8, 4) is 11.5 Å². The average molecular weight is 497 g/mol. The van der Waals surface area contributed by atoms with E-state index in [9.17, 15) is 5.11 Å². The maximum atomic E-state index is 11.1. The predicted molar refractivity (Wildman–Crippen MR) is 143 cm³/mol. The minimum Gasteiger partial charge on any atom is -0.507 e. The maximum Gasteiger partial charge on any atom is 0.135 e. The fourth-order valence-corrected chi connectivity index (χ4v) is 4.12. The van der Waals surface area contributed by atoms with Crippen molar-refractivity contribution in [3.63, 3.8) is 0 Å². The van der Waals surface area contributed by atoms with Crippen molar-refractivity contribution in [2.24, 2.45) is 0 Å². The second-order valence-corrected chi connectivity index (χ2v) is 10.9. The first-order valence-electron chi connectivity index (χ1n) is 12.9. The second-order valence-electron chi connectivity index (χ2n) is 10.9. The van der Waals surface area contributed by atoms with Gasteiger partial charge in [-0.05, 0) is 37.8 Å². The zero-order valence-corrected chi connectivity index (χ0v) is 22.4. The summed E-state index contributed by atoms with van der Waals surface area (Å²) in [5, 5.41) is 14.5. The van der Waals surface area contributed by atoms with E-state index >= 15 is 0 Å². The number of phenols is 1. The Balaban J connectivity index is 1.39. The molecule has 1 heterocycles. The summed E-state index contributed by atoms with van der Waals surface area (Å²) in [5.41, 5.74) is 1.14. The highest BCUT2D eigenvalue weighted by Gasteiger charge is 2.24. The molecule has 196 valence electrons. The van der Waals surface area contributed by atoms with Gasteiger partial charge < -0.3 is 28.8 Å². The van der Waals surface area contributed by atoms with Gasteiger partial charge in [-0.2, -0.15) is 0 Å². The number of rotatable bonds is 12. The third kappa shape index (κ3) is 6.68. The lowest BCUT2D eigenvalue weighted by Crippen LogP contribution is -2.27. The summed E-state index contributed by atoms with van der Waals surface area (Å²) in [4.78, 5) is 0. The van der Waals surface area contributed by atoms with Crippen molar-refractivity contribution in [1.82, 2.24) is 0 Å². The van der Waals surface area contributed by atoms with E-state index < -0.39 is 0 Å². The van der Waals surface area contributed by atoms with E-state index in [-0.39, 0.29) is 35.6 Å². The van der Waals surface area contributed by atoms with Gasteiger partial charge in [0.05, 0.1) is 44.7 Å². The highest BCUT2D eigenvalue weighted by Crippen LogP contribution is 2.43. The maximum absolute atomic E-state index is 11.1. The Morgan fingerprint density at radius 2 is 1.42 bits per heavy atom. The van der Waals surface area contributed by atoms with Crippen LogP contribution >= 0.6 is 0 Å². The number of fused-ring (bicyclic) bond motifs is 2. The third-order valence-electron chi connectivity index (χ3n) is 6.47. The molecule has 6 nitrogen and oxygen atoms in total. The smallest absolute Gasteiger partial charge is 0.135 e. The molecule has 3 aromatic rings. The summed E-state index contributed by atoms with van der Waals surface area (Å²) < 4.78 is 29.1. The minimum absolute atomic E-state index is 0.0206. The molecule has 0 spiro atoms. The lowest BCUT2D eigenvalue weighted by atomic mass is 9.85. The van der Waals surface area contributed by atoms with Crippen molar-refractivity contribution >= 4 is 21.5 Å². The number of hydrogen-bond acceptors (Lipinski definition) is 6. The van der Waals surface area contributed by atoms with E-state index in [4.69, 9.17) is 23.7 Å². The number of benzene rings is 3. The van der Waals surface area contributed by atoms with Gasteiger partial charge in [0.15, 0.2) is 0 Å². The first kappa shape index (κ1) is 26.7. The Kier molecular flexibility index (Phi) is 8.41. The van der Waals surface area contributed by atoms with E-state index in [0.717, 1.165) is 39.5 Å². The molecule has 3 aromatic carbocycles. The molecule has 0 saturated carbocycles. The van der Waals surface area contributed by atoms with E-state index in [2.05, 4.69) is 39.0 Å². The van der Waals surface area contributed by atoms with Gasteiger partial charge in [-0.1, -0.05) is 57.2 Å². The van der Waals surface area contributed by atoms with E-state index in [1.807, 2.05) is 45.0 Å². The summed E-state index contributed by atoms with van der Waals surface area (Å²) in [6.07, 6.45) is 0.0970. The van der Waals surface area contributed by atoms with E-state index in [1.54, 1.807) is 0 Å². The first-order chi connectivity index (χ1) is 17.1. The Hall–Kier alpha value is -2.38. The average Bonchev–Trinajstić information content (AvgIpc) is 3.69. The van der Waals surface area contributed by atoms with Crippen molar-refractivity contribution < 1.29 is 28.8 Å². The van der Waals surface area contributed by atoms with Crippen LogP contribution < -0.4 is 4.74 Å². The zero-order chi connectivity index (χ0) is 25.9. The molecule has 1 aliphatic heterocycles. The van der Waals surface area contributed by atoms with Crippen LogP contribution in [-0.2, 0) is 24.4 Å².